The third-order valence-electron chi connectivity index (χ3n) is 6.47. The van der Waals surface area contributed by atoms with Gasteiger partial charge < -0.3 is 24.6 Å². The first-order valence-electron chi connectivity index (χ1n) is 13.4. The molecule has 0 aromatic heterocycles. The number of carbonyl (C=O) groups excluding carboxylic acids is 1. The summed E-state index contributed by atoms with van der Waals surface area (Å²) in [4.78, 5) is 32.9. The number of aliphatic carboxylic acids is 3. The van der Waals surface area contributed by atoms with Gasteiger partial charge in [-0.3, -0.25) is 9.59 Å². The summed E-state index contributed by atoms with van der Waals surface area (Å²) in [7, 11) is 0. The van der Waals surface area contributed by atoms with Crippen molar-refractivity contribution in [2.24, 2.45) is 0 Å². The van der Waals surface area contributed by atoms with Crippen LogP contribution in [0.15, 0.2) is 12.2 Å². The summed E-state index contributed by atoms with van der Waals surface area (Å²) in [5.41, 5.74) is 0. The number of hydrogen-bond acceptors (Lipinski definition) is 4. The Morgan fingerprint density at radius 2 is 1.06 bits per heavy atom. The van der Waals surface area contributed by atoms with Crippen LogP contribution in [-0.4, -0.2) is 58.8 Å². The van der Waals surface area contributed by atoms with Crippen molar-refractivity contribution in [3.8, 4) is 0 Å². The van der Waals surface area contributed by atoms with Crippen LogP contribution < -0.4 is 5.11 Å². The highest BCUT2D eigenvalue weighted by molar-refractivity contribution is 5.66. The molecule has 7 heteroatoms. The summed E-state index contributed by atoms with van der Waals surface area (Å²) >= 11 is 0. The fourth-order valence-electron chi connectivity index (χ4n) is 4.52. The number of hydrogen-bond donors (Lipinski definition) is 2. The molecule has 0 spiro atoms. The molecule has 0 fully saturated rings. The lowest BCUT2D eigenvalue weighted by Crippen LogP contribution is -2.51. The van der Waals surface area contributed by atoms with E-state index in [1.165, 1.54) is 57.8 Å². The Kier molecular flexibility index (Phi) is 20.4. The van der Waals surface area contributed by atoms with Crippen LogP contribution in [0.2, 0.25) is 0 Å². The molecule has 0 aliphatic heterocycles. The molecule has 0 saturated heterocycles. The molecule has 0 aromatic rings. The molecular weight excluding hydrogens is 434 g/mol. The monoisotopic (exact) mass is 483 g/mol. The van der Waals surface area contributed by atoms with Gasteiger partial charge in [-0.1, -0.05) is 70.4 Å². The van der Waals surface area contributed by atoms with Gasteiger partial charge >= 0.3 is 11.9 Å². The van der Waals surface area contributed by atoms with Crippen molar-refractivity contribution >= 4 is 17.9 Å². The van der Waals surface area contributed by atoms with Gasteiger partial charge in [-0.25, -0.2) is 0 Å². The minimum Gasteiger partial charge on any atom is -0.550 e. The summed E-state index contributed by atoms with van der Waals surface area (Å²) < 4.78 is 0.566. The summed E-state index contributed by atoms with van der Waals surface area (Å²) in [5, 5.41) is 28.9. The van der Waals surface area contributed by atoms with Crippen molar-refractivity contribution in [1.82, 2.24) is 0 Å². The standard InChI is InChI=1S/C27H49NO6/c1-2-3-4-5-6-7-8-9-10-11-12-13-14-21-28(22-15-18-25(29)30,23-16-19-26(31)32)24-17-20-27(33)34/h12-13H,2-11,14-24H2,1H3,(H2-,29,30,31,32,33,34)/b13-12+. The number of nitrogens with zero attached hydrogens (tertiary/aromatic N) is 1. The van der Waals surface area contributed by atoms with E-state index in [2.05, 4.69) is 19.1 Å². The zero-order chi connectivity index (χ0) is 25.5. The number of carboxylic acids is 3. The molecule has 0 aromatic carbocycles. The van der Waals surface area contributed by atoms with E-state index in [1.807, 2.05) is 0 Å². The Labute approximate surface area is 206 Å². The number of allylic oxidation sites excluding steroid dienone is 1. The molecule has 0 atom stereocenters. The van der Waals surface area contributed by atoms with Crippen molar-refractivity contribution in [2.75, 3.05) is 26.2 Å². The number of quaternary nitrogens is 1. The largest absolute Gasteiger partial charge is 0.550 e. The maximum absolute atomic E-state index is 11.0. The molecule has 0 bridgehead atoms. The minimum absolute atomic E-state index is 0.0354. The highest BCUT2D eigenvalue weighted by atomic mass is 16.4. The molecule has 0 rings (SSSR count). The highest BCUT2D eigenvalue weighted by Crippen LogP contribution is 2.17. The number of carboxylic acid groups (broad SMARTS) is 3. The molecule has 198 valence electrons. The van der Waals surface area contributed by atoms with Gasteiger partial charge in [0.1, 0.15) is 0 Å². The minimum atomic E-state index is -1.09. The molecule has 0 amide bonds. The summed E-state index contributed by atoms with van der Waals surface area (Å²) in [5.74, 6) is -2.78. The van der Waals surface area contributed by atoms with Crippen molar-refractivity contribution in [3.05, 3.63) is 12.2 Å². The van der Waals surface area contributed by atoms with Crippen LogP contribution in [-0.2, 0) is 14.4 Å². The van der Waals surface area contributed by atoms with Gasteiger partial charge in [0, 0.05) is 31.7 Å². The normalized spacial score (nSPS) is 11.8. The van der Waals surface area contributed by atoms with Crippen LogP contribution in [0.25, 0.3) is 0 Å². The van der Waals surface area contributed by atoms with Crippen molar-refractivity contribution in [2.45, 2.75) is 116 Å². The summed E-state index contributed by atoms with van der Waals surface area (Å²) in [6.45, 7) is 4.83. The molecule has 2 N–H and O–H groups in total. The SMILES string of the molecule is CCCCCCCCCCC/C=C/CC[N+](CCCC(=O)[O-])(CCCC(=O)O)CCCC(=O)O. The van der Waals surface area contributed by atoms with E-state index >= 15 is 0 Å². The van der Waals surface area contributed by atoms with Gasteiger partial charge in [-0.05, 0) is 19.3 Å². The zero-order valence-electron chi connectivity index (χ0n) is 21.5. The molecule has 0 aliphatic rings. The zero-order valence-corrected chi connectivity index (χ0v) is 21.5. The second-order valence-electron chi connectivity index (χ2n) is 9.58. The third kappa shape index (κ3) is 20.7. The first-order valence-corrected chi connectivity index (χ1v) is 13.4. The molecule has 0 saturated carbocycles. The number of unbranched alkanes of at least 4 members (excludes halogenated alkanes) is 9. The molecule has 0 unspecified atom stereocenters. The number of carbonyl (C=O) groups is 3. The van der Waals surface area contributed by atoms with Gasteiger partial charge in [0.25, 0.3) is 0 Å². The van der Waals surface area contributed by atoms with E-state index in [0.717, 1.165) is 19.4 Å². The molecule has 0 radical (unpaired) electrons. The average Bonchev–Trinajstić information content (AvgIpc) is 2.76. The first-order chi connectivity index (χ1) is 16.3. The Morgan fingerprint density at radius 3 is 1.53 bits per heavy atom. The van der Waals surface area contributed by atoms with Crippen LogP contribution in [0, 0.1) is 0 Å². The van der Waals surface area contributed by atoms with Gasteiger partial charge in [-0.2, -0.15) is 0 Å². The van der Waals surface area contributed by atoms with Gasteiger partial charge in [0.2, 0.25) is 0 Å². The lowest BCUT2D eigenvalue weighted by Gasteiger charge is -2.39. The van der Waals surface area contributed by atoms with E-state index in [1.54, 1.807) is 0 Å². The Morgan fingerprint density at radius 1 is 0.618 bits per heavy atom. The quantitative estimate of drug-likeness (QED) is 0.108. The Hall–Kier alpha value is -1.89. The van der Waals surface area contributed by atoms with Crippen LogP contribution in [0.3, 0.4) is 0 Å². The van der Waals surface area contributed by atoms with E-state index < -0.39 is 17.9 Å². The lowest BCUT2D eigenvalue weighted by atomic mass is 10.1. The second kappa shape index (κ2) is 21.6. The van der Waals surface area contributed by atoms with Gasteiger partial charge in [-0.15, -0.1) is 0 Å². The Balaban J connectivity index is 4.55. The third-order valence-corrected chi connectivity index (χ3v) is 6.47. The molecular formula is C27H49NO6. The van der Waals surface area contributed by atoms with Gasteiger partial charge in [0.15, 0.2) is 0 Å². The van der Waals surface area contributed by atoms with E-state index in [-0.39, 0.29) is 19.3 Å². The summed E-state index contributed by atoms with van der Waals surface area (Å²) in [6.07, 6.45) is 19.6. The van der Waals surface area contributed by atoms with Gasteiger partial charge in [0.05, 0.1) is 39.0 Å². The topological polar surface area (TPSA) is 115 Å². The molecule has 0 heterocycles. The molecule has 34 heavy (non-hydrogen) atoms. The first kappa shape index (κ1) is 32.1. The lowest BCUT2D eigenvalue weighted by molar-refractivity contribution is -0.928. The second-order valence-corrected chi connectivity index (χ2v) is 9.58. The maximum Gasteiger partial charge on any atom is 0.303 e. The predicted molar refractivity (Wildman–Crippen MR) is 133 cm³/mol. The van der Waals surface area contributed by atoms with E-state index in [4.69, 9.17) is 10.2 Å². The van der Waals surface area contributed by atoms with Crippen molar-refractivity contribution in [3.63, 3.8) is 0 Å². The van der Waals surface area contributed by atoms with Crippen molar-refractivity contribution in [1.29, 1.82) is 0 Å². The van der Waals surface area contributed by atoms with Crippen molar-refractivity contribution < 1.29 is 34.2 Å². The predicted octanol–water partition coefficient (Wildman–Crippen LogP) is 4.93. The smallest absolute Gasteiger partial charge is 0.303 e. The maximum atomic E-state index is 11.0. The van der Waals surface area contributed by atoms with Crippen LogP contribution in [0.5, 0.6) is 0 Å². The summed E-state index contributed by atoms with van der Waals surface area (Å²) in [6, 6.07) is 0. The highest BCUT2D eigenvalue weighted by Gasteiger charge is 2.26. The Bertz CT molecular complexity index is 525. The van der Waals surface area contributed by atoms with Crippen LogP contribution in [0.4, 0.5) is 0 Å². The van der Waals surface area contributed by atoms with Crippen LogP contribution >= 0.6 is 0 Å². The molecule has 7 nitrogen and oxygen atoms in total. The van der Waals surface area contributed by atoms with E-state index in [9.17, 15) is 19.5 Å². The fourth-order valence-corrected chi connectivity index (χ4v) is 4.52. The number of rotatable bonds is 25. The molecule has 0 aliphatic carbocycles. The average molecular weight is 484 g/mol. The van der Waals surface area contributed by atoms with Crippen LogP contribution in [0.1, 0.15) is 116 Å². The van der Waals surface area contributed by atoms with E-state index in [0.29, 0.717) is 43.4 Å². The fraction of sp³-hybridized carbons (Fsp3) is 0.815.